The molecule has 0 saturated heterocycles. The second-order valence-corrected chi connectivity index (χ2v) is 6.87. The molecule has 1 rings (SSSR count). The van der Waals surface area contributed by atoms with E-state index >= 15 is 0 Å². The molecule has 0 aliphatic carbocycles. The fourth-order valence-electron chi connectivity index (χ4n) is 2.89. The Hall–Kier alpha value is -0.990. The molecule has 0 saturated carbocycles. The monoisotopic (exact) mass is 279 g/mol. The van der Waals surface area contributed by atoms with Gasteiger partial charge in [-0.1, -0.05) is 45.4 Å². The highest BCUT2D eigenvalue weighted by molar-refractivity contribution is 5.39. The summed E-state index contributed by atoms with van der Waals surface area (Å²) in [5.74, 6) is 1.90. The topological polar surface area (TPSA) is 43.8 Å². The Morgan fingerprint density at radius 2 is 1.55 bits per heavy atom. The van der Waals surface area contributed by atoms with E-state index in [0.717, 1.165) is 23.8 Å². The summed E-state index contributed by atoms with van der Waals surface area (Å²) in [5, 5.41) is 0. The normalized spacial score (nSPS) is 12.1. The number of nitrogen functional groups attached to an aromatic ring is 1. The van der Waals surface area contributed by atoms with E-state index in [1.165, 1.54) is 44.9 Å². The first kappa shape index (κ1) is 17.1. The van der Waals surface area contributed by atoms with Crippen LogP contribution in [0.25, 0.3) is 0 Å². The van der Waals surface area contributed by atoms with Gasteiger partial charge in [-0.15, -0.1) is 0 Å². The zero-order valence-corrected chi connectivity index (χ0v) is 14.1. The van der Waals surface area contributed by atoms with Gasteiger partial charge in [0.25, 0.3) is 0 Å². The number of aromatic nitrogens is 2. The zero-order valence-electron chi connectivity index (χ0n) is 14.1. The van der Waals surface area contributed by atoms with Crippen LogP contribution in [-0.4, -0.2) is 9.55 Å². The molecule has 0 aromatic carbocycles. The van der Waals surface area contributed by atoms with Crippen molar-refractivity contribution in [1.82, 2.24) is 9.55 Å². The molecule has 3 nitrogen and oxygen atoms in total. The maximum absolute atomic E-state index is 6.27. The molecule has 2 N–H and O–H groups in total. The van der Waals surface area contributed by atoms with E-state index in [1.54, 1.807) is 0 Å². The lowest BCUT2D eigenvalue weighted by Gasteiger charge is -2.24. The molecule has 1 aromatic heterocycles. The summed E-state index contributed by atoms with van der Waals surface area (Å²) in [6.45, 7) is 10.8. The number of hydrogen-bond acceptors (Lipinski definition) is 2. The first-order chi connectivity index (χ1) is 9.38. The van der Waals surface area contributed by atoms with Crippen molar-refractivity contribution in [1.29, 1.82) is 0 Å². The van der Waals surface area contributed by atoms with Crippen molar-refractivity contribution in [3.8, 4) is 0 Å². The second kappa shape index (κ2) is 7.70. The molecule has 0 spiro atoms. The SMILES string of the molecule is CCCCCCCCCc1nc(C)n(C(C)(C)C)c1N. The molecule has 3 heteroatoms. The van der Waals surface area contributed by atoms with E-state index in [0.29, 0.717) is 0 Å². The molecule has 0 aliphatic heterocycles. The second-order valence-electron chi connectivity index (χ2n) is 6.87. The minimum absolute atomic E-state index is 0.0135. The van der Waals surface area contributed by atoms with Gasteiger partial charge in [-0.05, 0) is 40.5 Å². The molecule has 0 amide bonds. The molecule has 0 fully saturated rings. The third-order valence-corrected chi connectivity index (χ3v) is 3.84. The van der Waals surface area contributed by atoms with E-state index in [2.05, 4.69) is 44.2 Å². The van der Waals surface area contributed by atoms with E-state index in [1.807, 2.05) is 0 Å². The standard InChI is InChI=1S/C17H33N3/c1-6-7-8-9-10-11-12-13-15-16(18)20(14(2)19-15)17(3,4)5/h6-13,18H2,1-5H3. The number of rotatable bonds is 8. The van der Waals surface area contributed by atoms with Crippen LogP contribution in [0.4, 0.5) is 5.82 Å². The quantitative estimate of drug-likeness (QED) is 0.693. The van der Waals surface area contributed by atoms with Crippen molar-refractivity contribution < 1.29 is 0 Å². The Kier molecular flexibility index (Phi) is 6.57. The van der Waals surface area contributed by atoms with Crippen LogP contribution in [0.15, 0.2) is 0 Å². The maximum Gasteiger partial charge on any atom is 0.127 e. The molecule has 1 aromatic rings. The molecular formula is C17H33N3. The van der Waals surface area contributed by atoms with Gasteiger partial charge >= 0.3 is 0 Å². The average Bonchev–Trinajstić information content (AvgIpc) is 2.62. The average molecular weight is 279 g/mol. The highest BCUT2D eigenvalue weighted by Crippen LogP contribution is 2.25. The summed E-state index contributed by atoms with van der Waals surface area (Å²) in [7, 11) is 0. The number of hydrogen-bond donors (Lipinski definition) is 1. The summed E-state index contributed by atoms with van der Waals surface area (Å²) in [4.78, 5) is 4.66. The summed E-state index contributed by atoms with van der Waals surface area (Å²) in [6, 6.07) is 0. The number of anilines is 1. The smallest absolute Gasteiger partial charge is 0.127 e. The third-order valence-electron chi connectivity index (χ3n) is 3.84. The van der Waals surface area contributed by atoms with Crippen LogP contribution in [0.3, 0.4) is 0 Å². The van der Waals surface area contributed by atoms with Gasteiger partial charge in [0.15, 0.2) is 0 Å². The number of imidazole rings is 1. The van der Waals surface area contributed by atoms with Gasteiger partial charge < -0.3 is 10.3 Å². The van der Waals surface area contributed by atoms with Crippen LogP contribution in [-0.2, 0) is 12.0 Å². The first-order valence-electron chi connectivity index (χ1n) is 8.22. The van der Waals surface area contributed by atoms with Crippen molar-refractivity contribution in [2.75, 3.05) is 5.73 Å². The fraction of sp³-hybridized carbons (Fsp3) is 0.824. The zero-order chi connectivity index (χ0) is 15.2. The van der Waals surface area contributed by atoms with Gasteiger partial charge in [0.2, 0.25) is 0 Å². The number of unbranched alkanes of at least 4 members (excludes halogenated alkanes) is 6. The summed E-state index contributed by atoms with van der Waals surface area (Å²) >= 11 is 0. The van der Waals surface area contributed by atoms with Crippen LogP contribution in [0, 0.1) is 6.92 Å². The van der Waals surface area contributed by atoms with Crippen molar-refractivity contribution in [2.24, 2.45) is 0 Å². The van der Waals surface area contributed by atoms with E-state index < -0.39 is 0 Å². The maximum atomic E-state index is 6.27. The Balaban J connectivity index is 2.42. The van der Waals surface area contributed by atoms with E-state index in [4.69, 9.17) is 5.73 Å². The Morgan fingerprint density at radius 3 is 2.05 bits per heavy atom. The molecule has 0 unspecified atom stereocenters. The molecule has 0 bridgehead atoms. The predicted octanol–water partition coefficient (Wildman–Crippen LogP) is 4.82. The number of aryl methyl sites for hydroxylation is 2. The van der Waals surface area contributed by atoms with Crippen LogP contribution in [0.1, 0.15) is 84.2 Å². The molecule has 1 heterocycles. The molecule has 20 heavy (non-hydrogen) atoms. The molecule has 116 valence electrons. The van der Waals surface area contributed by atoms with Gasteiger partial charge in [-0.2, -0.15) is 0 Å². The fourth-order valence-corrected chi connectivity index (χ4v) is 2.89. The highest BCUT2D eigenvalue weighted by atomic mass is 15.2. The summed E-state index contributed by atoms with van der Waals surface area (Å²) in [5.41, 5.74) is 7.37. The third kappa shape index (κ3) is 4.84. The van der Waals surface area contributed by atoms with Gasteiger partial charge in [0, 0.05) is 5.54 Å². The Labute approximate surface area is 125 Å². The van der Waals surface area contributed by atoms with Crippen LogP contribution >= 0.6 is 0 Å². The van der Waals surface area contributed by atoms with Gasteiger partial charge in [-0.25, -0.2) is 4.98 Å². The predicted molar refractivity (Wildman–Crippen MR) is 88.1 cm³/mol. The number of nitrogens with two attached hydrogens (primary N) is 1. The first-order valence-corrected chi connectivity index (χ1v) is 8.22. The lowest BCUT2D eigenvalue weighted by atomic mass is 10.1. The lowest BCUT2D eigenvalue weighted by Crippen LogP contribution is -2.24. The number of nitrogens with zero attached hydrogens (tertiary/aromatic N) is 2. The van der Waals surface area contributed by atoms with E-state index in [9.17, 15) is 0 Å². The highest BCUT2D eigenvalue weighted by Gasteiger charge is 2.21. The minimum atomic E-state index is 0.0135. The lowest BCUT2D eigenvalue weighted by molar-refractivity contribution is 0.393. The molecule has 0 aliphatic rings. The van der Waals surface area contributed by atoms with Crippen LogP contribution < -0.4 is 5.73 Å². The van der Waals surface area contributed by atoms with Crippen molar-refractivity contribution >= 4 is 5.82 Å². The largest absolute Gasteiger partial charge is 0.384 e. The Bertz CT molecular complexity index is 399. The Morgan fingerprint density at radius 1 is 1.00 bits per heavy atom. The van der Waals surface area contributed by atoms with Gasteiger partial charge in [0.1, 0.15) is 11.6 Å². The van der Waals surface area contributed by atoms with Crippen LogP contribution in [0.5, 0.6) is 0 Å². The van der Waals surface area contributed by atoms with Crippen molar-refractivity contribution in [3.63, 3.8) is 0 Å². The molecule has 0 radical (unpaired) electrons. The van der Waals surface area contributed by atoms with Crippen molar-refractivity contribution in [3.05, 3.63) is 11.5 Å². The minimum Gasteiger partial charge on any atom is -0.384 e. The van der Waals surface area contributed by atoms with Gasteiger partial charge in [-0.3, -0.25) is 0 Å². The molecular weight excluding hydrogens is 246 g/mol. The molecule has 0 atom stereocenters. The van der Waals surface area contributed by atoms with Crippen LogP contribution in [0.2, 0.25) is 0 Å². The summed E-state index contributed by atoms with van der Waals surface area (Å²) in [6.07, 6.45) is 10.3. The van der Waals surface area contributed by atoms with E-state index in [-0.39, 0.29) is 5.54 Å². The summed E-state index contributed by atoms with van der Waals surface area (Å²) < 4.78 is 2.16. The van der Waals surface area contributed by atoms with Crippen molar-refractivity contribution in [2.45, 2.75) is 91.5 Å². The van der Waals surface area contributed by atoms with Gasteiger partial charge in [0.05, 0.1) is 5.69 Å².